The average Bonchev–Trinajstić information content (AvgIpc) is 2.97. The van der Waals surface area contributed by atoms with Crippen LogP contribution in [0.25, 0.3) is 0 Å². The van der Waals surface area contributed by atoms with Crippen molar-refractivity contribution >= 4 is 34.8 Å². The van der Waals surface area contributed by atoms with Gasteiger partial charge in [-0.25, -0.2) is 0 Å². The van der Waals surface area contributed by atoms with Crippen LogP contribution in [0.5, 0.6) is 5.75 Å². The normalized spacial score (nSPS) is 14.9. The van der Waals surface area contributed by atoms with Gasteiger partial charge >= 0.3 is 0 Å². The molecular weight excluding hydrogens is 249 g/mol. The molecular formula is C11H11Cl2NO2. The molecule has 0 spiro atoms. The number of phenols is 1. The van der Waals surface area contributed by atoms with Crippen LogP contribution in [0.1, 0.15) is 19.3 Å². The lowest BCUT2D eigenvalue weighted by atomic mass is 10.2. The third-order valence-electron chi connectivity index (χ3n) is 2.47. The second kappa shape index (κ2) is 4.52. The van der Waals surface area contributed by atoms with E-state index in [1.165, 1.54) is 12.1 Å². The van der Waals surface area contributed by atoms with E-state index in [9.17, 15) is 9.90 Å². The van der Waals surface area contributed by atoms with Crippen molar-refractivity contribution in [2.75, 3.05) is 5.32 Å². The quantitative estimate of drug-likeness (QED) is 0.818. The Bertz CT molecular complexity index is 430. The van der Waals surface area contributed by atoms with Gasteiger partial charge in [-0.15, -0.1) is 0 Å². The largest absolute Gasteiger partial charge is 0.504 e. The molecule has 1 fully saturated rings. The summed E-state index contributed by atoms with van der Waals surface area (Å²) >= 11 is 11.5. The predicted octanol–water partition coefficient (Wildman–Crippen LogP) is 3.44. The molecule has 5 heteroatoms. The molecule has 1 aliphatic rings. The summed E-state index contributed by atoms with van der Waals surface area (Å²) in [6, 6.07) is 2.91. The predicted molar refractivity (Wildman–Crippen MR) is 64.1 cm³/mol. The summed E-state index contributed by atoms with van der Waals surface area (Å²) < 4.78 is 0. The number of anilines is 1. The van der Waals surface area contributed by atoms with E-state index in [0.717, 1.165) is 12.8 Å². The summed E-state index contributed by atoms with van der Waals surface area (Å²) in [5, 5.41) is 12.7. The molecule has 3 nitrogen and oxygen atoms in total. The van der Waals surface area contributed by atoms with Crippen molar-refractivity contribution in [2.24, 2.45) is 5.92 Å². The molecule has 0 saturated heterocycles. The van der Waals surface area contributed by atoms with Gasteiger partial charge in [-0.1, -0.05) is 23.2 Å². The van der Waals surface area contributed by atoms with E-state index in [2.05, 4.69) is 5.32 Å². The lowest BCUT2D eigenvalue weighted by molar-refractivity contribution is -0.116. The van der Waals surface area contributed by atoms with Gasteiger partial charge in [0.2, 0.25) is 5.91 Å². The van der Waals surface area contributed by atoms with Gasteiger partial charge in [0.05, 0.1) is 10.7 Å². The van der Waals surface area contributed by atoms with Crippen molar-refractivity contribution in [2.45, 2.75) is 19.3 Å². The molecule has 0 aromatic heterocycles. The lowest BCUT2D eigenvalue weighted by Crippen LogP contribution is -2.12. The molecule has 1 saturated carbocycles. The van der Waals surface area contributed by atoms with Crippen LogP contribution in [-0.4, -0.2) is 11.0 Å². The zero-order valence-corrected chi connectivity index (χ0v) is 9.98. The first-order valence-electron chi connectivity index (χ1n) is 5.04. The van der Waals surface area contributed by atoms with Crippen LogP contribution in [0.3, 0.4) is 0 Å². The molecule has 0 aliphatic heterocycles. The van der Waals surface area contributed by atoms with Crippen LogP contribution in [-0.2, 0) is 4.79 Å². The second-order valence-corrected chi connectivity index (χ2v) is 4.82. The van der Waals surface area contributed by atoms with Crippen LogP contribution in [0.15, 0.2) is 12.1 Å². The van der Waals surface area contributed by atoms with Crippen molar-refractivity contribution in [3.63, 3.8) is 0 Å². The highest BCUT2D eigenvalue weighted by Gasteiger charge is 2.24. The van der Waals surface area contributed by atoms with Gasteiger partial charge in [0.1, 0.15) is 0 Å². The van der Waals surface area contributed by atoms with E-state index in [1.807, 2.05) is 0 Å². The summed E-state index contributed by atoms with van der Waals surface area (Å²) in [6.07, 6.45) is 2.70. The van der Waals surface area contributed by atoms with Gasteiger partial charge in [-0.3, -0.25) is 4.79 Å². The van der Waals surface area contributed by atoms with Crippen LogP contribution in [0.4, 0.5) is 5.69 Å². The van der Waals surface area contributed by atoms with E-state index in [4.69, 9.17) is 23.2 Å². The van der Waals surface area contributed by atoms with Gasteiger partial charge in [0.15, 0.2) is 5.75 Å². The highest BCUT2D eigenvalue weighted by molar-refractivity contribution is 6.36. The van der Waals surface area contributed by atoms with Crippen molar-refractivity contribution < 1.29 is 9.90 Å². The minimum atomic E-state index is -0.143. The first kappa shape index (κ1) is 11.6. The van der Waals surface area contributed by atoms with Gasteiger partial charge < -0.3 is 10.4 Å². The number of halogens is 2. The van der Waals surface area contributed by atoms with Crippen LogP contribution >= 0.6 is 23.2 Å². The van der Waals surface area contributed by atoms with Crippen LogP contribution < -0.4 is 5.32 Å². The number of benzene rings is 1. The zero-order chi connectivity index (χ0) is 11.7. The van der Waals surface area contributed by atoms with Crippen molar-refractivity contribution in [3.8, 4) is 5.75 Å². The number of rotatable bonds is 3. The molecule has 2 rings (SSSR count). The molecule has 86 valence electrons. The highest BCUT2D eigenvalue weighted by atomic mass is 35.5. The summed E-state index contributed by atoms with van der Waals surface area (Å²) in [5.74, 6) is 0.239. The topological polar surface area (TPSA) is 49.3 Å². The Morgan fingerprint density at radius 1 is 1.44 bits per heavy atom. The van der Waals surface area contributed by atoms with Gasteiger partial charge in [-0.05, 0) is 30.9 Å². The van der Waals surface area contributed by atoms with Gasteiger partial charge in [-0.2, -0.15) is 0 Å². The van der Waals surface area contributed by atoms with E-state index in [1.54, 1.807) is 0 Å². The molecule has 16 heavy (non-hydrogen) atoms. The molecule has 2 N–H and O–H groups in total. The Hall–Kier alpha value is -0.930. The minimum Gasteiger partial charge on any atom is -0.504 e. The number of hydrogen-bond acceptors (Lipinski definition) is 2. The number of carbonyl (C=O) groups is 1. The smallest absolute Gasteiger partial charge is 0.224 e. The third-order valence-corrected chi connectivity index (χ3v) is 2.98. The van der Waals surface area contributed by atoms with E-state index < -0.39 is 0 Å². The molecule has 0 radical (unpaired) electrons. The number of amides is 1. The summed E-state index contributed by atoms with van der Waals surface area (Å²) in [7, 11) is 0. The average molecular weight is 260 g/mol. The van der Waals surface area contributed by atoms with Crippen LogP contribution in [0, 0.1) is 5.92 Å². The Balaban J connectivity index is 2.10. The number of hydrogen-bond donors (Lipinski definition) is 2. The van der Waals surface area contributed by atoms with Crippen molar-refractivity contribution in [1.29, 1.82) is 0 Å². The monoisotopic (exact) mass is 259 g/mol. The molecule has 1 aromatic rings. The fourth-order valence-corrected chi connectivity index (χ4v) is 1.94. The maximum Gasteiger partial charge on any atom is 0.224 e. The van der Waals surface area contributed by atoms with Crippen molar-refractivity contribution in [3.05, 3.63) is 22.2 Å². The van der Waals surface area contributed by atoms with Crippen molar-refractivity contribution in [1.82, 2.24) is 0 Å². The molecule has 0 heterocycles. The molecule has 1 amide bonds. The van der Waals surface area contributed by atoms with E-state index in [-0.39, 0.29) is 22.4 Å². The fraction of sp³-hybridized carbons (Fsp3) is 0.364. The van der Waals surface area contributed by atoms with Gasteiger partial charge in [0.25, 0.3) is 0 Å². The maximum atomic E-state index is 11.5. The number of phenolic OH excluding ortho intramolecular Hbond substituents is 1. The lowest BCUT2D eigenvalue weighted by Gasteiger charge is -2.08. The Labute approximate surface area is 103 Å². The third kappa shape index (κ3) is 2.80. The maximum absolute atomic E-state index is 11.5. The summed E-state index contributed by atoms with van der Waals surface area (Å²) in [5.41, 5.74) is 0.267. The second-order valence-electron chi connectivity index (χ2n) is 3.98. The summed E-state index contributed by atoms with van der Waals surface area (Å²) in [6.45, 7) is 0. The molecule has 0 atom stereocenters. The Kier molecular flexibility index (Phi) is 3.26. The first-order chi connectivity index (χ1) is 7.56. The SMILES string of the molecule is O=C(CC1CC1)Nc1cc(Cl)cc(Cl)c1O. The zero-order valence-electron chi connectivity index (χ0n) is 8.46. The first-order valence-corrected chi connectivity index (χ1v) is 5.79. The molecule has 1 aliphatic carbocycles. The fourth-order valence-electron chi connectivity index (χ4n) is 1.45. The number of aromatic hydroxyl groups is 1. The highest BCUT2D eigenvalue weighted by Crippen LogP contribution is 2.36. The molecule has 1 aromatic carbocycles. The Morgan fingerprint density at radius 3 is 2.75 bits per heavy atom. The summed E-state index contributed by atoms with van der Waals surface area (Å²) in [4.78, 5) is 11.5. The molecule has 0 bridgehead atoms. The van der Waals surface area contributed by atoms with E-state index >= 15 is 0 Å². The minimum absolute atomic E-state index is 0.115. The number of carbonyl (C=O) groups excluding carboxylic acids is 1. The standard InChI is InChI=1S/C11H11Cl2NO2/c12-7-4-8(13)11(16)9(5-7)14-10(15)3-6-1-2-6/h4-6,16H,1-3H2,(H,14,15). The van der Waals surface area contributed by atoms with Crippen LogP contribution in [0.2, 0.25) is 10.0 Å². The Morgan fingerprint density at radius 2 is 2.12 bits per heavy atom. The number of nitrogens with one attached hydrogen (secondary N) is 1. The van der Waals surface area contributed by atoms with E-state index in [0.29, 0.717) is 17.4 Å². The van der Waals surface area contributed by atoms with Gasteiger partial charge in [0, 0.05) is 11.4 Å². The molecule has 0 unspecified atom stereocenters.